The van der Waals surface area contributed by atoms with Gasteiger partial charge in [-0.25, -0.2) is 24.1 Å². The first-order chi connectivity index (χ1) is 15.2. The number of carbonyl (C=O) groups is 1. The second kappa shape index (κ2) is 8.30. The standard InChI is InChI=1S/C23H23FN6O2/c1-5-15-6-7-16(24)18(12-15)27-21-20-17(25-13-26-21)8-9-19(28-20)29-10-11-30(14-29)22(31)32-23(2,3)4/h1,6-9,12-13H,10-11,14H2,2-4H3,(H,25,26,27). The number of hydrogen-bond donors (Lipinski definition) is 1. The molecule has 8 nitrogen and oxygen atoms in total. The van der Waals surface area contributed by atoms with Crippen molar-refractivity contribution in [2.75, 3.05) is 30.0 Å². The number of aromatic nitrogens is 3. The quantitative estimate of drug-likeness (QED) is 0.626. The zero-order valence-corrected chi connectivity index (χ0v) is 18.1. The molecule has 0 aliphatic carbocycles. The largest absolute Gasteiger partial charge is 0.444 e. The Labute approximate surface area is 185 Å². The zero-order chi connectivity index (χ0) is 22.9. The summed E-state index contributed by atoms with van der Waals surface area (Å²) in [6, 6.07) is 8.01. The molecule has 0 bridgehead atoms. The van der Waals surface area contributed by atoms with E-state index in [2.05, 4.69) is 21.2 Å². The van der Waals surface area contributed by atoms with Gasteiger partial charge in [0.2, 0.25) is 0 Å². The summed E-state index contributed by atoms with van der Waals surface area (Å²) in [6.07, 6.45) is 6.45. The van der Waals surface area contributed by atoms with Gasteiger partial charge in [-0.3, -0.25) is 4.90 Å². The van der Waals surface area contributed by atoms with Crippen LogP contribution in [0.15, 0.2) is 36.7 Å². The molecule has 2 aromatic heterocycles. The maximum absolute atomic E-state index is 14.3. The highest BCUT2D eigenvalue weighted by molar-refractivity contribution is 5.88. The molecule has 1 saturated heterocycles. The van der Waals surface area contributed by atoms with Crippen LogP contribution in [0.4, 0.5) is 26.5 Å². The maximum atomic E-state index is 14.3. The van der Waals surface area contributed by atoms with Crippen LogP contribution in [0, 0.1) is 18.2 Å². The highest BCUT2D eigenvalue weighted by Crippen LogP contribution is 2.27. The molecule has 164 valence electrons. The van der Waals surface area contributed by atoms with Crippen molar-refractivity contribution in [2.24, 2.45) is 0 Å². The van der Waals surface area contributed by atoms with Gasteiger partial charge in [-0.05, 0) is 51.1 Å². The number of benzene rings is 1. The molecule has 1 amide bonds. The number of carbonyl (C=O) groups excluding carboxylic acids is 1. The lowest BCUT2D eigenvalue weighted by Gasteiger charge is -2.24. The Balaban J connectivity index is 1.60. The van der Waals surface area contributed by atoms with Crippen LogP contribution < -0.4 is 10.2 Å². The molecular formula is C23H23FN6O2. The Morgan fingerprint density at radius 1 is 1.22 bits per heavy atom. The van der Waals surface area contributed by atoms with Crippen molar-refractivity contribution in [1.82, 2.24) is 19.9 Å². The van der Waals surface area contributed by atoms with Crippen molar-refractivity contribution in [3.05, 3.63) is 48.0 Å². The summed E-state index contributed by atoms with van der Waals surface area (Å²) in [5, 5.41) is 2.97. The Morgan fingerprint density at radius 2 is 2.03 bits per heavy atom. The Bertz CT molecular complexity index is 1220. The van der Waals surface area contributed by atoms with E-state index in [4.69, 9.17) is 16.1 Å². The van der Waals surface area contributed by atoms with Crippen LogP contribution in [0.3, 0.4) is 0 Å². The van der Waals surface area contributed by atoms with E-state index in [0.29, 0.717) is 48.0 Å². The van der Waals surface area contributed by atoms with E-state index >= 15 is 0 Å². The molecule has 3 heterocycles. The lowest BCUT2D eigenvalue weighted by atomic mass is 10.2. The minimum absolute atomic E-state index is 0.199. The number of nitrogens with one attached hydrogen (secondary N) is 1. The summed E-state index contributed by atoms with van der Waals surface area (Å²) < 4.78 is 19.8. The number of nitrogens with zero attached hydrogens (tertiary/aromatic N) is 5. The summed E-state index contributed by atoms with van der Waals surface area (Å²) >= 11 is 0. The van der Waals surface area contributed by atoms with Crippen LogP contribution >= 0.6 is 0 Å². The third-order valence-corrected chi connectivity index (χ3v) is 4.81. The summed E-state index contributed by atoms with van der Waals surface area (Å²) in [7, 11) is 0. The molecule has 0 radical (unpaired) electrons. The highest BCUT2D eigenvalue weighted by Gasteiger charge is 2.29. The molecule has 0 atom stereocenters. The topological polar surface area (TPSA) is 83.5 Å². The molecule has 1 aliphatic rings. The van der Waals surface area contributed by atoms with Gasteiger partial charge < -0.3 is 15.0 Å². The molecule has 1 aliphatic heterocycles. The normalized spacial score (nSPS) is 13.8. The van der Waals surface area contributed by atoms with Gasteiger partial charge in [0.25, 0.3) is 0 Å². The van der Waals surface area contributed by atoms with Gasteiger partial charge in [0.1, 0.15) is 29.1 Å². The number of ether oxygens (including phenoxy) is 1. The van der Waals surface area contributed by atoms with Crippen molar-refractivity contribution in [3.63, 3.8) is 0 Å². The Kier molecular flexibility index (Phi) is 5.53. The lowest BCUT2D eigenvalue weighted by Crippen LogP contribution is -2.36. The third kappa shape index (κ3) is 4.54. The van der Waals surface area contributed by atoms with E-state index in [9.17, 15) is 9.18 Å². The summed E-state index contributed by atoms with van der Waals surface area (Å²) in [6.45, 7) is 6.98. The molecular weight excluding hydrogens is 411 g/mol. The number of fused-ring (bicyclic) bond motifs is 1. The number of rotatable bonds is 3. The number of terminal acetylenes is 1. The van der Waals surface area contributed by atoms with E-state index < -0.39 is 11.4 Å². The molecule has 4 rings (SSSR count). The van der Waals surface area contributed by atoms with Crippen molar-refractivity contribution in [1.29, 1.82) is 0 Å². The van der Waals surface area contributed by atoms with Crippen LogP contribution in [0.5, 0.6) is 0 Å². The predicted molar refractivity (Wildman–Crippen MR) is 120 cm³/mol. The Hall–Kier alpha value is -3.93. The molecule has 1 fully saturated rings. The first-order valence-corrected chi connectivity index (χ1v) is 10.1. The van der Waals surface area contributed by atoms with E-state index in [1.807, 2.05) is 37.8 Å². The first kappa shape index (κ1) is 21.3. The van der Waals surface area contributed by atoms with Crippen LogP contribution in [-0.4, -0.2) is 51.3 Å². The number of anilines is 3. The van der Waals surface area contributed by atoms with Gasteiger partial charge >= 0.3 is 6.09 Å². The van der Waals surface area contributed by atoms with Gasteiger partial charge in [-0.1, -0.05) is 5.92 Å². The van der Waals surface area contributed by atoms with E-state index in [1.54, 1.807) is 4.90 Å². The second-order valence-electron chi connectivity index (χ2n) is 8.37. The summed E-state index contributed by atoms with van der Waals surface area (Å²) in [4.78, 5) is 29.1. The molecule has 0 unspecified atom stereocenters. The van der Waals surface area contributed by atoms with Gasteiger partial charge in [0.15, 0.2) is 5.82 Å². The molecule has 1 aromatic carbocycles. The van der Waals surface area contributed by atoms with Crippen molar-refractivity contribution < 1.29 is 13.9 Å². The molecule has 9 heteroatoms. The molecule has 1 N–H and O–H groups in total. The summed E-state index contributed by atoms with van der Waals surface area (Å²) in [5.41, 5.74) is 1.26. The third-order valence-electron chi connectivity index (χ3n) is 4.81. The average molecular weight is 434 g/mol. The number of amides is 1. The predicted octanol–water partition coefficient (Wildman–Crippen LogP) is 3.90. The van der Waals surface area contributed by atoms with Crippen molar-refractivity contribution >= 4 is 34.4 Å². The zero-order valence-electron chi connectivity index (χ0n) is 18.1. The monoisotopic (exact) mass is 434 g/mol. The van der Waals surface area contributed by atoms with Crippen LogP contribution in [0.2, 0.25) is 0 Å². The lowest BCUT2D eigenvalue weighted by molar-refractivity contribution is 0.0297. The van der Waals surface area contributed by atoms with Crippen molar-refractivity contribution in [3.8, 4) is 12.3 Å². The molecule has 32 heavy (non-hydrogen) atoms. The molecule has 3 aromatic rings. The SMILES string of the molecule is C#Cc1ccc(F)c(Nc2ncnc3ccc(N4CCN(C(=O)OC(C)(C)C)C4)nc23)c1. The fraction of sp³-hybridized carbons (Fsp3) is 0.304. The van der Waals surface area contributed by atoms with Gasteiger partial charge in [-0.2, -0.15) is 0 Å². The second-order valence-corrected chi connectivity index (χ2v) is 8.37. The van der Waals surface area contributed by atoms with Crippen molar-refractivity contribution in [2.45, 2.75) is 26.4 Å². The molecule has 0 saturated carbocycles. The van der Waals surface area contributed by atoms with Gasteiger partial charge in [0, 0.05) is 18.7 Å². The van der Waals surface area contributed by atoms with E-state index in [-0.39, 0.29) is 11.8 Å². The van der Waals surface area contributed by atoms with E-state index in [1.165, 1.54) is 24.5 Å². The number of hydrogen-bond acceptors (Lipinski definition) is 7. The fourth-order valence-corrected chi connectivity index (χ4v) is 3.29. The maximum Gasteiger partial charge on any atom is 0.411 e. The van der Waals surface area contributed by atoms with Crippen LogP contribution in [0.25, 0.3) is 11.0 Å². The minimum atomic E-state index is -0.560. The number of pyridine rings is 1. The van der Waals surface area contributed by atoms with Crippen LogP contribution in [0.1, 0.15) is 26.3 Å². The van der Waals surface area contributed by atoms with E-state index in [0.717, 1.165) is 0 Å². The smallest absolute Gasteiger partial charge is 0.411 e. The summed E-state index contributed by atoms with van der Waals surface area (Å²) in [5.74, 6) is 3.03. The number of halogens is 1. The van der Waals surface area contributed by atoms with Gasteiger partial charge in [-0.15, -0.1) is 6.42 Å². The molecule has 0 spiro atoms. The fourth-order valence-electron chi connectivity index (χ4n) is 3.29. The average Bonchev–Trinajstić information content (AvgIpc) is 3.24. The Morgan fingerprint density at radius 3 is 2.78 bits per heavy atom. The highest BCUT2D eigenvalue weighted by atomic mass is 19.1. The van der Waals surface area contributed by atoms with Gasteiger partial charge in [0.05, 0.1) is 17.9 Å². The minimum Gasteiger partial charge on any atom is -0.444 e. The van der Waals surface area contributed by atoms with Crippen LogP contribution in [-0.2, 0) is 4.74 Å². The first-order valence-electron chi connectivity index (χ1n) is 10.1.